The van der Waals surface area contributed by atoms with Crippen LogP contribution in [0.15, 0.2) is 0 Å². The first-order valence-electron chi connectivity index (χ1n) is 5.72. The molecule has 0 amide bonds. The molecule has 0 aromatic rings. The Hall–Kier alpha value is 2.53. The maximum absolute atomic E-state index is 2.42. The Bertz CT molecular complexity index is 179. The normalized spacial score (nSPS) is 15.5. The van der Waals surface area contributed by atoms with Gasteiger partial charge < -0.3 is 0 Å². The van der Waals surface area contributed by atoms with Crippen molar-refractivity contribution in [2.45, 2.75) is 77.8 Å². The molecule has 0 N–H and O–H groups in total. The molecule has 0 fully saturated rings. The maximum Gasteiger partial charge on any atom is -0.147 e. The van der Waals surface area contributed by atoms with Crippen molar-refractivity contribution in [2.75, 3.05) is 0 Å². The summed E-state index contributed by atoms with van der Waals surface area (Å²) in [6.07, 6.45) is 0. The van der Waals surface area contributed by atoms with E-state index in [1.807, 2.05) is 0 Å². The van der Waals surface area contributed by atoms with E-state index in [0.29, 0.717) is 15.5 Å². The van der Waals surface area contributed by atoms with E-state index in [1.165, 1.54) is 20.3 Å². The van der Waals surface area contributed by atoms with Crippen LogP contribution in [-0.4, -0.2) is 15.5 Å². The first kappa shape index (κ1) is 25.5. The van der Waals surface area contributed by atoms with Gasteiger partial charge in [-0.15, -0.1) is 24.8 Å². The Morgan fingerprint density at radius 3 is 0.778 bits per heavy atom. The molecule has 0 bridgehead atoms. The minimum atomic E-state index is -0.290. The second kappa shape index (κ2) is 9.53. The number of halogens is 2. The van der Waals surface area contributed by atoms with Crippen LogP contribution in [0.25, 0.3) is 0 Å². The zero-order valence-corrected chi connectivity index (χ0v) is 19.3. The van der Waals surface area contributed by atoms with Gasteiger partial charge in [-0.25, -0.2) is 0 Å². The summed E-state index contributed by atoms with van der Waals surface area (Å²) in [6, 6.07) is 0. The zero-order valence-electron chi connectivity index (χ0n) is 13.1. The largest absolute Gasteiger partial charge is 0.147 e. The minimum absolute atomic E-state index is 0. The molecule has 6 heteroatoms. The SMILES string of the molecule is CC(C)(C)[PH][Pd]([PH]C(C)(C)C)[PH]C(C)(C)C.Cl.Cl. The molecule has 0 aliphatic carbocycles. The average Bonchev–Trinajstić information content (AvgIpc) is 1.70. The number of rotatable bonds is 3. The summed E-state index contributed by atoms with van der Waals surface area (Å²) in [5.74, 6) is 0. The molecular weight excluding hydrogens is 414 g/mol. The first-order valence-corrected chi connectivity index (χ1v) is 15.2. The summed E-state index contributed by atoms with van der Waals surface area (Å²) in [5.41, 5.74) is 0. The Morgan fingerprint density at radius 2 is 0.667 bits per heavy atom. The molecule has 0 heterocycles. The molecule has 0 saturated carbocycles. The van der Waals surface area contributed by atoms with Crippen LogP contribution >= 0.6 is 45.1 Å². The zero-order chi connectivity index (χ0) is 13.2. The van der Waals surface area contributed by atoms with Gasteiger partial charge in [0.2, 0.25) is 0 Å². The fourth-order valence-corrected chi connectivity index (χ4v) is 41.0. The summed E-state index contributed by atoms with van der Waals surface area (Å²) >= 11 is -0.290. The summed E-state index contributed by atoms with van der Waals surface area (Å²) in [7, 11) is 0. The molecule has 0 spiro atoms. The Morgan fingerprint density at radius 1 is 0.500 bits per heavy atom. The Labute approximate surface area is 137 Å². The van der Waals surface area contributed by atoms with Gasteiger partial charge in [-0.05, 0) is 0 Å². The van der Waals surface area contributed by atoms with Crippen molar-refractivity contribution in [1.29, 1.82) is 0 Å². The Kier molecular flexibility index (Phi) is 13.5. The van der Waals surface area contributed by atoms with E-state index in [9.17, 15) is 0 Å². The maximum atomic E-state index is 2.42. The molecule has 0 aliphatic rings. The summed E-state index contributed by atoms with van der Waals surface area (Å²) in [5, 5.41) is 1.66. The smallest absolute Gasteiger partial charge is 0.147 e. The van der Waals surface area contributed by atoms with Crippen molar-refractivity contribution < 1.29 is 15.3 Å². The molecular formula is C12H32Cl2P3Pd. The van der Waals surface area contributed by atoms with Crippen LogP contribution in [-0.2, 0) is 15.3 Å². The van der Waals surface area contributed by atoms with Gasteiger partial charge in [0.15, 0.2) is 0 Å². The van der Waals surface area contributed by atoms with E-state index in [4.69, 9.17) is 0 Å². The first-order chi connectivity index (χ1) is 6.79. The van der Waals surface area contributed by atoms with Crippen molar-refractivity contribution in [3.63, 3.8) is 0 Å². The van der Waals surface area contributed by atoms with Gasteiger partial charge in [-0.3, -0.25) is 0 Å². The van der Waals surface area contributed by atoms with Crippen molar-refractivity contribution in [2.24, 2.45) is 0 Å². The van der Waals surface area contributed by atoms with Gasteiger partial charge in [0, 0.05) is 0 Å². The summed E-state index contributed by atoms with van der Waals surface area (Å²) < 4.78 is 0. The topological polar surface area (TPSA) is 0 Å². The van der Waals surface area contributed by atoms with Crippen LogP contribution < -0.4 is 0 Å². The third-order valence-corrected chi connectivity index (χ3v) is 25.3. The molecule has 0 radical (unpaired) electrons. The van der Waals surface area contributed by atoms with E-state index in [1.54, 1.807) is 0 Å². The quantitative estimate of drug-likeness (QED) is 0.337. The van der Waals surface area contributed by atoms with Crippen molar-refractivity contribution in [3.8, 4) is 0 Å². The molecule has 0 rings (SSSR count). The van der Waals surface area contributed by atoms with Gasteiger partial charge in [-0.1, -0.05) is 0 Å². The fourth-order valence-electron chi connectivity index (χ4n) is 0.771. The van der Waals surface area contributed by atoms with Gasteiger partial charge >= 0.3 is 113 Å². The summed E-state index contributed by atoms with van der Waals surface area (Å²) in [4.78, 5) is 0. The van der Waals surface area contributed by atoms with E-state index >= 15 is 0 Å². The van der Waals surface area contributed by atoms with Crippen molar-refractivity contribution in [1.82, 2.24) is 0 Å². The second-order valence-electron chi connectivity index (χ2n) is 7.22. The molecule has 0 aromatic heterocycles. The second-order valence-corrected chi connectivity index (χ2v) is 28.1. The molecule has 0 saturated heterocycles. The van der Waals surface area contributed by atoms with Crippen LogP contribution in [0, 0.1) is 0 Å². The number of hydrogen-bond donors (Lipinski definition) is 0. The van der Waals surface area contributed by atoms with E-state index < -0.39 is 0 Å². The van der Waals surface area contributed by atoms with Crippen LogP contribution in [0.3, 0.4) is 0 Å². The summed E-state index contributed by atoms with van der Waals surface area (Å²) in [6.45, 7) is 25.4. The third-order valence-electron chi connectivity index (χ3n) is 0.949. The molecule has 0 aliphatic heterocycles. The van der Waals surface area contributed by atoms with Crippen LogP contribution in [0.4, 0.5) is 0 Å². The minimum Gasteiger partial charge on any atom is -0.147 e. The van der Waals surface area contributed by atoms with Gasteiger partial charge in [0.1, 0.15) is 0 Å². The molecule has 119 valence electrons. The predicted molar refractivity (Wildman–Crippen MR) is 98.7 cm³/mol. The van der Waals surface area contributed by atoms with E-state index in [2.05, 4.69) is 62.3 Å². The molecule has 0 aromatic carbocycles. The standard InChI is InChI=1S/3C4H10P.2ClH.Pd/c3*1-4(2,3)5;;;/h3*5H,1-3H3;2*1H;/q3*-1;;;+3. The molecule has 3 atom stereocenters. The van der Waals surface area contributed by atoms with Crippen LogP contribution in [0.1, 0.15) is 62.3 Å². The van der Waals surface area contributed by atoms with E-state index in [-0.39, 0.29) is 40.1 Å². The van der Waals surface area contributed by atoms with Gasteiger partial charge in [0.25, 0.3) is 0 Å². The fraction of sp³-hybridized carbons (Fsp3) is 1.00. The molecule has 18 heavy (non-hydrogen) atoms. The third kappa shape index (κ3) is 18.5. The molecule has 3 unspecified atom stereocenters. The van der Waals surface area contributed by atoms with Gasteiger partial charge in [0.05, 0.1) is 0 Å². The van der Waals surface area contributed by atoms with Crippen molar-refractivity contribution in [3.05, 3.63) is 0 Å². The van der Waals surface area contributed by atoms with Gasteiger partial charge in [-0.2, -0.15) is 0 Å². The average molecular weight is 447 g/mol. The van der Waals surface area contributed by atoms with Crippen molar-refractivity contribution >= 4 is 45.1 Å². The Balaban J connectivity index is -0.00000112. The molecule has 0 nitrogen and oxygen atoms in total. The predicted octanol–water partition coefficient (Wildman–Crippen LogP) is 6.62. The van der Waals surface area contributed by atoms with Crippen LogP contribution in [0.5, 0.6) is 0 Å². The number of hydrogen-bond acceptors (Lipinski definition) is 0. The monoisotopic (exact) mass is 445 g/mol. The van der Waals surface area contributed by atoms with E-state index in [0.717, 1.165) is 0 Å². The van der Waals surface area contributed by atoms with Crippen LogP contribution in [0.2, 0.25) is 0 Å².